The maximum Gasteiger partial charge on any atom is 0.327 e. The Bertz CT molecular complexity index is 462. The number of sulfonamides is 1. The van der Waals surface area contributed by atoms with Crippen LogP contribution in [0, 0.1) is 10.1 Å². The minimum atomic E-state index is -3.88. The fraction of sp³-hybridized carbons (Fsp3) is 0.400. The van der Waals surface area contributed by atoms with Gasteiger partial charge < -0.3 is 0 Å². The van der Waals surface area contributed by atoms with Crippen molar-refractivity contribution in [3.8, 4) is 0 Å². The number of nitro groups is 1. The average molecular weight is 220 g/mol. The fourth-order valence-electron chi connectivity index (χ4n) is 0.869. The highest BCUT2D eigenvalue weighted by Crippen LogP contribution is 2.20. The molecule has 1 heterocycles. The standard InChI is InChI=1S/C5H8N4O4S/c1-6-14(12,13)5-4(9(10)11)3-8(2)7-5/h3,6H,1-2H3. The van der Waals surface area contributed by atoms with Crippen LogP contribution < -0.4 is 4.72 Å². The summed E-state index contributed by atoms with van der Waals surface area (Å²) in [6.07, 6.45) is 1.03. The van der Waals surface area contributed by atoms with Crippen molar-refractivity contribution in [2.24, 2.45) is 7.05 Å². The van der Waals surface area contributed by atoms with Gasteiger partial charge in [0.2, 0.25) is 0 Å². The lowest BCUT2D eigenvalue weighted by molar-refractivity contribution is -0.387. The smallest absolute Gasteiger partial charge is 0.267 e. The molecule has 1 aromatic rings. The second kappa shape index (κ2) is 3.35. The summed E-state index contributed by atoms with van der Waals surface area (Å²) in [5.41, 5.74) is -0.540. The molecule has 0 saturated carbocycles. The molecule has 0 aliphatic heterocycles. The van der Waals surface area contributed by atoms with Crippen molar-refractivity contribution in [3.63, 3.8) is 0 Å². The Morgan fingerprint density at radius 3 is 2.64 bits per heavy atom. The number of hydrogen-bond donors (Lipinski definition) is 1. The maximum absolute atomic E-state index is 11.2. The first-order valence-electron chi connectivity index (χ1n) is 3.50. The molecule has 0 saturated heterocycles. The van der Waals surface area contributed by atoms with E-state index in [9.17, 15) is 18.5 Å². The van der Waals surface area contributed by atoms with Gasteiger partial charge in [-0.05, 0) is 7.05 Å². The van der Waals surface area contributed by atoms with Crippen LogP contribution in [0.4, 0.5) is 5.69 Å². The Labute approximate surface area is 79.7 Å². The third-order valence-corrected chi connectivity index (χ3v) is 2.83. The van der Waals surface area contributed by atoms with Crippen molar-refractivity contribution in [1.82, 2.24) is 14.5 Å². The van der Waals surface area contributed by atoms with Crippen molar-refractivity contribution < 1.29 is 13.3 Å². The lowest BCUT2D eigenvalue weighted by atomic mass is 10.6. The predicted molar refractivity (Wildman–Crippen MR) is 46.1 cm³/mol. The highest BCUT2D eigenvalue weighted by atomic mass is 32.2. The molecule has 14 heavy (non-hydrogen) atoms. The highest BCUT2D eigenvalue weighted by Gasteiger charge is 2.28. The molecule has 1 rings (SSSR count). The van der Waals surface area contributed by atoms with Gasteiger partial charge in [-0.15, -0.1) is 0 Å². The number of aromatic nitrogens is 2. The molecule has 0 radical (unpaired) electrons. The van der Waals surface area contributed by atoms with Gasteiger partial charge in [-0.3, -0.25) is 14.8 Å². The van der Waals surface area contributed by atoms with E-state index in [0.717, 1.165) is 17.9 Å². The van der Waals surface area contributed by atoms with Crippen LogP contribution in [-0.2, 0) is 17.1 Å². The fourth-order valence-corrected chi connectivity index (χ4v) is 1.70. The first-order chi connectivity index (χ1) is 6.38. The monoisotopic (exact) mass is 220 g/mol. The summed E-state index contributed by atoms with van der Waals surface area (Å²) in [6, 6.07) is 0. The number of hydrogen-bond acceptors (Lipinski definition) is 5. The molecule has 1 aromatic heterocycles. The first kappa shape index (κ1) is 10.6. The summed E-state index contributed by atoms with van der Waals surface area (Å²) in [6.45, 7) is 0. The van der Waals surface area contributed by atoms with Crippen LogP contribution in [-0.4, -0.2) is 30.2 Å². The Balaban J connectivity index is 3.42. The molecule has 0 amide bonds. The number of rotatable bonds is 3. The topological polar surface area (TPSA) is 107 Å². The lowest BCUT2D eigenvalue weighted by Gasteiger charge is -1.95. The zero-order valence-corrected chi connectivity index (χ0v) is 8.28. The third-order valence-electron chi connectivity index (χ3n) is 1.50. The molecule has 0 aromatic carbocycles. The normalized spacial score (nSPS) is 11.6. The van der Waals surface area contributed by atoms with Crippen molar-refractivity contribution in [2.75, 3.05) is 7.05 Å². The Morgan fingerprint density at radius 2 is 2.21 bits per heavy atom. The molecule has 0 atom stereocenters. The van der Waals surface area contributed by atoms with Gasteiger partial charge in [-0.1, -0.05) is 0 Å². The van der Waals surface area contributed by atoms with Gasteiger partial charge in [0.15, 0.2) is 0 Å². The number of nitrogens with one attached hydrogen (secondary N) is 1. The van der Waals surface area contributed by atoms with Crippen LogP contribution in [0.1, 0.15) is 0 Å². The minimum Gasteiger partial charge on any atom is -0.267 e. The zero-order valence-electron chi connectivity index (χ0n) is 7.46. The molecule has 0 bridgehead atoms. The SMILES string of the molecule is CNS(=O)(=O)c1nn(C)cc1[N+](=O)[O-]. The van der Waals surface area contributed by atoms with E-state index >= 15 is 0 Å². The van der Waals surface area contributed by atoms with Crippen molar-refractivity contribution >= 4 is 15.7 Å². The molecule has 1 N–H and O–H groups in total. The van der Waals surface area contributed by atoms with E-state index in [-0.39, 0.29) is 0 Å². The number of aryl methyl sites for hydroxylation is 1. The maximum atomic E-state index is 11.2. The molecular weight excluding hydrogens is 212 g/mol. The second-order valence-electron chi connectivity index (χ2n) is 2.46. The lowest BCUT2D eigenvalue weighted by Crippen LogP contribution is -2.20. The third kappa shape index (κ3) is 1.72. The number of nitrogens with zero attached hydrogens (tertiary/aromatic N) is 3. The summed E-state index contributed by atoms with van der Waals surface area (Å²) in [7, 11) is -1.31. The Kier molecular flexibility index (Phi) is 2.53. The van der Waals surface area contributed by atoms with E-state index in [4.69, 9.17) is 0 Å². The molecule has 8 nitrogen and oxygen atoms in total. The van der Waals surface area contributed by atoms with Crippen molar-refractivity contribution in [1.29, 1.82) is 0 Å². The molecule has 0 unspecified atom stereocenters. The van der Waals surface area contributed by atoms with E-state index in [2.05, 4.69) is 5.10 Å². The Morgan fingerprint density at radius 1 is 1.64 bits per heavy atom. The molecule has 0 spiro atoms. The minimum absolute atomic E-state index is 0.540. The van der Waals surface area contributed by atoms with Crippen LogP contribution >= 0.6 is 0 Å². The van der Waals surface area contributed by atoms with E-state index in [0.29, 0.717) is 0 Å². The van der Waals surface area contributed by atoms with Crippen LogP contribution in [0.25, 0.3) is 0 Å². The summed E-state index contributed by atoms with van der Waals surface area (Å²) in [5, 5.41) is 13.4. The second-order valence-corrected chi connectivity index (χ2v) is 4.26. The van der Waals surface area contributed by atoms with Gasteiger partial charge in [0.1, 0.15) is 6.20 Å². The van der Waals surface area contributed by atoms with Crippen LogP contribution in [0.15, 0.2) is 11.2 Å². The van der Waals surface area contributed by atoms with Gasteiger partial charge >= 0.3 is 5.69 Å². The highest BCUT2D eigenvalue weighted by molar-refractivity contribution is 7.89. The summed E-state index contributed by atoms with van der Waals surface area (Å²) in [4.78, 5) is 9.66. The van der Waals surface area contributed by atoms with Gasteiger partial charge in [0, 0.05) is 7.05 Å². The summed E-state index contributed by atoms with van der Waals surface area (Å²) >= 11 is 0. The van der Waals surface area contributed by atoms with E-state index < -0.39 is 25.7 Å². The van der Waals surface area contributed by atoms with Gasteiger partial charge in [-0.2, -0.15) is 5.10 Å². The average Bonchev–Trinajstić information content (AvgIpc) is 2.48. The molecule has 78 valence electrons. The van der Waals surface area contributed by atoms with Crippen LogP contribution in [0.5, 0.6) is 0 Å². The van der Waals surface area contributed by atoms with Gasteiger partial charge in [0.25, 0.3) is 15.0 Å². The summed E-state index contributed by atoms with van der Waals surface area (Å²) < 4.78 is 25.5. The van der Waals surface area contributed by atoms with Gasteiger partial charge in [-0.25, -0.2) is 13.1 Å². The van der Waals surface area contributed by atoms with Crippen molar-refractivity contribution in [2.45, 2.75) is 5.03 Å². The van der Waals surface area contributed by atoms with Crippen LogP contribution in [0.3, 0.4) is 0 Å². The van der Waals surface area contributed by atoms with E-state index in [1.165, 1.54) is 7.05 Å². The van der Waals surface area contributed by atoms with Crippen LogP contribution in [0.2, 0.25) is 0 Å². The van der Waals surface area contributed by atoms with Crippen molar-refractivity contribution in [3.05, 3.63) is 16.3 Å². The molecule has 0 fully saturated rings. The molecule has 9 heteroatoms. The predicted octanol–water partition coefficient (Wildman–Crippen LogP) is -0.764. The quantitative estimate of drug-likeness (QED) is 0.532. The summed E-state index contributed by atoms with van der Waals surface area (Å²) in [5.74, 6) is 0. The zero-order chi connectivity index (χ0) is 10.9. The molecule has 0 aliphatic carbocycles. The largest absolute Gasteiger partial charge is 0.327 e. The Hall–Kier alpha value is -1.48. The molecular formula is C5H8N4O4S. The van der Waals surface area contributed by atoms with Gasteiger partial charge in [0.05, 0.1) is 4.92 Å². The molecule has 0 aliphatic rings. The van der Waals surface area contributed by atoms with E-state index in [1.807, 2.05) is 4.72 Å². The first-order valence-corrected chi connectivity index (χ1v) is 4.98. The van der Waals surface area contributed by atoms with E-state index in [1.54, 1.807) is 0 Å².